The fourth-order valence-electron chi connectivity index (χ4n) is 5.82. The largest absolute Gasteiger partial charge is 0.348 e. The van der Waals surface area contributed by atoms with Crippen molar-refractivity contribution in [2.45, 2.75) is 77.0 Å². The van der Waals surface area contributed by atoms with Gasteiger partial charge >= 0.3 is 0 Å². The van der Waals surface area contributed by atoms with Crippen LogP contribution in [0.1, 0.15) is 52.0 Å². The number of benzene rings is 1. The van der Waals surface area contributed by atoms with Gasteiger partial charge in [-0.2, -0.15) is 0 Å². The maximum atomic E-state index is 13.2. The quantitative estimate of drug-likeness (QED) is 0.706. The predicted molar refractivity (Wildman–Crippen MR) is 98.0 cm³/mol. The van der Waals surface area contributed by atoms with Crippen LogP contribution in [0.25, 0.3) is 0 Å². The molecule has 154 valence electrons. The van der Waals surface area contributed by atoms with Crippen LogP contribution in [-0.4, -0.2) is 24.0 Å². The second kappa shape index (κ2) is 6.74. The first-order valence-electron chi connectivity index (χ1n) is 10.5. The van der Waals surface area contributed by atoms with Crippen molar-refractivity contribution in [1.29, 1.82) is 0 Å². The van der Waals surface area contributed by atoms with Gasteiger partial charge in [-0.3, -0.25) is 0 Å². The fourth-order valence-corrected chi connectivity index (χ4v) is 5.82. The number of hydrogen-bond acceptors (Lipinski definition) is 5. The van der Waals surface area contributed by atoms with Crippen LogP contribution in [0.4, 0.5) is 4.39 Å². The van der Waals surface area contributed by atoms with E-state index in [9.17, 15) is 4.39 Å². The van der Waals surface area contributed by atoms with Crippen molar-refractivity contribution < 1.29 is 28.4 Å². The van der Waals surface area contributed by atoms with E-state index < -0.39 is 24.0 Å². The second-order valence-electron chi connectivity index (χ2n) is 9.21. The van der Waals surface area contributed by atoms with E-state index >= 15 is 0 Å². The predicted octanol–water partition coefficient (Wildman–Crippen LogP) is 4.55. The third-order valence-electron chi connectivity index (χ3n) is 7.42. The summed E-state index contributed by atoms with van der Waals surface area (Å²) in [4.78, 5) is 12.0. The highest BCUT2D eigenvalue weighted by atomic mass is 19.1. The summed E-state index contributed by atoms with van der Waals surface area (Å²) in [5.41, 5.74) is 0.352. The van der Waals surface area contributed by atoms with Crippen LogP contribution in [0, 0.1) is 29.5 Å². The Morgan fingerprint density at radius 2 is 1.86 bits per heavy atom. The number of ether oxygens (including phenoxy) is 3. The van der Waals surface area contributed by atoms with E-state index in [1.807, 2.05) is 6.92 Å². The van der Waals surface area contributed by atoms with Crippen molar-refractivity contribution in [2.24, 2.45) is 23.7 Å². The van der Waals surface area contributed by atoms with E-state index in [4.69, 9.17) is 24.0 Å². The van der Waals surface area contributed by atoms with Gasteiger partial charge in [0.2, 0.25) is 5.79 Å². The molecule has 5 fully saturated rings. The zero-order valence-corrected chi connectivity index (χ0v) is 16.7. The average Bonchev–Trinajstić information content (AvgIpc) is 2.91. The van der Waals surface area contributed by atoms with Gasteiger partial charge < -0.3 is 14.2 Å². The summed E-state index contributed by atoms with van der Waals surface area (Å²) in [7, 11) is 0. The van der Waals surface area contributed by atoms with Gasteiger partial charge in [0.25, 0.3) is 0 Å². The first kappa shape index (κ1) is 18.9. The Labute approximate surface area is 165 Å². The fraction of sp³-hybridized carbons (Fsp3) is 0.727. The molecule has 6 heteroatoms. The molecule has 1 aliphatic carbocycles. The topological polar surface area (TPSA) is 46.2 Å². The Morgan fingerprint density at radius 3 is 2.64 bits per heavy atom. The maximum absolute atomic E-state index is 13.2. The number of hydrogen-bond donors (Lipinski definition) is 0. The summed E-state index contributed by atoms with van der Waals surface area (Å²) < 4.78 is 32.0. The molecular weight excluding hydrogens is 363 g/mol. The van der Waals surface area contributed by atoms with Crippen LogP contribution in [0.3, 0.4) is 0 Å². The SMILES string of the molecule is C[C@H]1[C@@H](OCc2ccc(F)cc2)O[C@@H]2O[C@@]3(C)CC[C@H]4[C@H](C)CC[C@@H]1[C@@]24OO3. The molecule has 1 saturated carbocycles. The van der Waals surface area contributed by atoms with E-state index in [-0.39, 0.29) is 17.7 Å². The van der Waals surface area contributed by atoms with Gasteiger partial charge in [-0.15, -0.1) is 0 Å². The van der Waals surface area contributed by atoms with Crippen molar-refractivity contribution in [3.05, 3.63) is 35.6 Å². The number of rotatable bonds is 3. The monoisotopic (exact) mass is 392 g/mol. The number of halogens is 1. The van der Waals surface area contributed by atoms with Crippen molar-refractivity contribution in [1.82, 2.24) is 0 Å². The summed E-state index contributed by atoms with van der Waals surface area (Å²) in [5, 5.41) is 0. The molecule has 0 N–H and O–H groups in total. The molecule has 6 rings (SSSR count). The number of fused-ring (bicyclic) bond motifs is 2. The van der Waals surface area contributed by atoms with Gasteiger partial charge in [-0.25, -0.2) is 14.2 Å². The van der Waals surface area contributed by atoms with E-state index in [2.05, 4.69) is 13.8 Å². The lowest BCUT2D eigenvalue weighted by Crippen LogP contribution is -2.70. The summed E-state index contributed by atoms with van der Waals surface area (Å²) in [6.07, 6.45) is 3.12. The first-order valence-corrected chi connectivity index (χ1v) is 10.5. The summed E-state index contributed by atoms with van der Waals surface area (Å²) in [5.74, 6) is 0.248. The van der Waals surface area contributed by atoms with Crippen LogP contribution in [-0.2, 0) is 30.6 Å². The van der Waals surface area contributed by atoms with Gasteiger partial charge in [-0.05, 0) is 55.7 Å². The normalized spacial score (nSPS) is 47.4. The molecular formula is C22H29FO5. The lowest BCUT2D eigenvalue weighted by atomic mass is 9.58. The highest BCUT2D eigenvalue weighted by molar-refractivity contribution is 5.15. The van der Waals surface area contributed by atoms with Crippen molar-refractivity contribution in [2.75, 3.05) is 0 Å². The lowest BCUT2D eigenvalue weighted by Gasteiger charge is -2.60. The first-order chi connectivity index (χ1) is 13.4. The summed E-state index contributed by atoms with van der Waals surface area (Å²) in [6.45, 7) is 6.77. The van der Waals surface area contributed by atoms with Gasteiger partial charge in [0.15, 0.2) is 18.2 Å². The molecule has 1 aromatic rings. The van der Waals surface area contributed by atoms with Crippen LogP contribution >= 0.6 is 0 Å². The molecule has 4 aliphatic heterocycles. The molecule has 0 aromatic heterocycles. The molecule has 28 heavy (non-hydrogen) atoms. The minimum absolute atomic E-state index is 0.140. The van der Waals surface area contributed by atoms with Gasteiger partial charge in [0.05, 0.1) is 6.61 Å². The Bertz CT molecular complexity index is 726. The highest BCUT2D eigenvalue weighted by Crippen LogP contribution is 2.60. The van der Waals surface area contributed by atoms with Crippen molar-refractivity contribution in [3.8, 4) is 0 Å². The van der Waals surface area contributed by atoms with E-state index in [1.54, 1.807) is 12.1 Å². The minimum atomic E-state index is -0.778. The Morgan fingerprint density at radius 1 is 1.07 bits per heavy atom. The lowest BCUT2D eigenvalue weighted by molar-refractivity contribution is -0.577. The third kappa shape index (κ3) is 2.84. The van der Waals surface area contributed by atoms with Crippen molar-refractivity contribution >= 4 is 0 Å². The van der Waals surface area contributed by atoms with Gasteiger partial charge in [0, 0.05) is 18.3 Å². The van der Waals surface area contributed by atoms with E-state index in [0.29, 0.717) is 18.4 Å². The van der Waals surface area contributed by atoms with Crippen LogP contribution < -0.4 is 0 Å². The maximum Gasteiger partial charge on any atom is 0.201 e. The third-order valence-corrected chi connectivity index (χ3v) is 7.42. The molecule has 8 atom stereocenters. The zero-order chi connectivity index (χ0) is 19.5. The molecule has 5 nitrogen and oxygen atoms in total. The smallest absolute Gasteiger partial charge is 0.201 e. The molecule has 0 radical (unpaired) electrons. The molecule has 0 unspecified atom stereocenters. The average molecular weight is 392 g/mol. The van der Waals surface area contributed by atoms with E-state index in [1.165, 1.54) is 18.6 Å². The van der Waals surface area contributed by atoms with E-state index in [0.717, 1.165) is 24.8 Å². The highest BCUT2D eigenvalue weighted by Gasteiger charge is 2.69. The summed E-state index contributed by atoms with van der Waals surface area (Å²) >= 11 is 0. The van der Waals surface area contributed by atoms with Gasteiger partial charge in [-0.1, -0.05) is 26.0 Å². The Kier molecular flexibility index (Phi) is 4.56. The standard InChI is InChI=1S/C22H29FO5/c1-13-4-9-18-14(2)19(24-12-15-5-7-16(23)8-6-15)25-20-22(18)17(13)10-11-21(3,26-20)27-28-22/h5-8,13-14,17-20H,4,9-12H2,1-3H3/t13-,14-,17+,18+,19+,20-,21-,22-/m1/s1. The molecule has 4 heterocycles. The minimum Gasteiger partial charge on any atom is -0.348 e. The zero-order valence-electron chi connectivity index (χ0n) is 16.7. The molecule has 1 aromatic carbocycles. The van der Waals surface area contributed by atoms with Crippen LogP contribution in [0.15, 0.2) is 24.3 Å². The summed E-state index contributed by atoms with van der Waals surface area (Å²) in [6, 6.07) is 6.38. The Balaban J connectivity index is 1.40. The Hall–Kier alpha value is -1.05. The molecule has 0 amide bonds. The molecule has 2 bridgehead atoms. The van der Waals surface area contributed by atoms with Crippen molar-refractivity contribution in [3.63, 3.8) is 0 Å². The van der Waals surface area contributed by atoms with Gasteiger partial charge in [0.1, 0.15) is 5.82 Å². The molecule has 5 aliphatic rings. The molecule has 4 saturated heterocycles. The molecule has 1 spiro atoms. The van der Waals surface area contributed by atoms with Crippen LogP contribution in [0.5, 0.6) is 0 Å². The van der Waals surface area contributed by atoms with Crippen LogP contribution in [0.2, 0.25) is 0 Å². The second-order valence-corrected chi connectivity index (χ2v) is 9.21.